The van der Waals surface area contributed by atoms with Gasteiger partial charge in [-0.25, -0.2) is 9.97 Å². The molecule has 2 aliphatic heterocycles. The van der Waals surface area contributed by atoms with Crippen molar-refractivity contribution in [3.05, 3.63) is 17.5 Å². The summed E-state index contributed by atoms with van der Waals surface area (Å²) in [5, 5.41) is 9.10. The summed E-state index contributed by atoms with van der Waals surface area (Å²) in [7, 11) is 0. The number of fused-ring (bicyclic) bond motifs is 3. The van der Waals surface area contributed by atoms with Crippen molar-refractivity contribution in [1.29, 1.82) is 0 Å². The standard InChI is InChI=1S/C17H25N5O4/c1-10(2)13-3-14(20-17(18)19-13)16(25)22-5-11-4-21(7-15(23)24)6-12(22)9-26-8-11/h3,10-12H,4-9H2,1-2H3,(H,23,24)(H2,18,19,20)/t11-,12-/m0/s1. The van der Waals surface area contributed by atoms with Gasteiger partial charge in [0.2, 0.25) is 5.95 Å². The van der Waals surface area contributed by atoms with Crippen molar-refractivity contribution in [3.8, 4) is 0 Å². The molecule has 1 aromatic heterocycles. The smallest absolute Gasteiger partial charge is 0.317 e. The van der Waals surface area contributed by atoms with E-state index < -0.39 is 5.97 Å². The fourth-order valence-electron chi connectivity index (χ4n) is 3.55. The van der Waals surface area contributed by atoms with E-state index in [-0.39, 0.29) is 42.0 Å². The molecule has 1 amide bonds. The Morgan fingerprint density at radius 1 is 1.31 bits per heavy atom. The zero-order chi connectivity index (χ0) is 18.8. The van der Waals surface area contributed by atoms with Crippen LogP contribution in [-0.2, 0) is 9.53 Å². The van der Waals surface area contributed by atoms with Gasteiger partial charge in [0.15, 0.2) is 0 Å². The predicted octanol–water partition coefficient (Wildman–Crippen LogP) is 0.0396. The van der Waals surface area contributed by atoms with Gasteiger partial charge in [-0.05, 0) is 12.0 Å². The lowest BCUT2D eigenvalue weighted by atomic mass is 10.1. The third kappa shape index (κ3) is 4.10. The summed E-state index contributed by atoms with van der Waals surface area (Å²) < 4.78 is 5.69. The minimum atomic E-state index is -0.867. The van der Waals surface area contributed by atoms with Crippen LogP contribution in [0.2, 0.25) is 0 Å². The van der Waals surface area contributed by atoms with E-state index in [1.807, 2.05) is 18.7 Å². The van der Waals surface area contributed by atoms with E-state index in [0.29, 0.717) is 32.8 Å². The second kappa shape index (κ2) is 7.55. The number of rotatable bonds is 4. The Morgan fingerprint density at radius 2 is 2.08 bits per heavy atom. The molecule has 2 atom stereocenters. The van der Waals surface area contributed by atoms with Crippen LogP contribution < -0.4 is 5.73 Å². The number of carbonyl (C=O) groups is 2. The Labute approximate surface area is 152 Å². The van der Waals surface area contributed by atoms with Gasteiger partial charge >= 0.3 is 5.97 Å². The van der Waals surface area contributed by atoms with Gasteiger partial charge in [0, 0.05) is 31.2 Å². The molecule has 9 nitrogen and oxygen atoms in total. The molecule has 2 aliphatic rings. The molecule has 0 aliphatic carbocycles. The Bertz CT molecular complexity index is 696. The highest BCUT2D eigenvalue weighted by molar-refractivity contribution is 5.93. The zero-order valence-corrected chi connectivity index (χ0v) is 15.1. The molecular weight excluding hydrogens is 338 g/mol. The van der Waals surface area contributed by atoms with E-state index in [0.717, 1.165) is 5.69 Å². The molecule has 9 heteroatoms. The normalized spacial score (nSPS) is 23.7. The number of carbonyl (C=O) groups excluding carboxylic acids is 1. The topological polar surface area (TPSA) is 122 Å². The molecule has 0 unspecified atom stereocenters. The molecule has 26 heavy (non-hydrogen) atoms. The maximum Gasteiger partial charge on any atom is 0.317 e. The molecule has 0 saturated carbocycles. The van der Waals surface area contributed by atoms with Crippen molar-refractivity contribution >= 4 is 17.8 Å². The van der Waals surface area contributed by atoms with Gasteiger partial charge in [0.25, 0.3) is 5.91 Å². The summed E-state index contributed by atoms with van der Waals surface area (Å²) in [6.07, 6.45) is 0. The summed E-state index contributed by atoms with van der Waals surface area (Å²) >= 11 is 0. The number of hydrogen-bond donors (Lipinski definition) is 2. The van der Waals surface area contributed by atoms with E-state index in [1.165, 1.54) is 0 Å². The van der Waals surface area contributed by atoms with E-state index in [2.05, 4.69) is 9.97 Å². The monoisotopic (exact) mass is 363 g/mol. The molecule has 3 heterocycles. The van der Waals surface area contributed by atoms with Crippen LogP contribution in [0.3, 0.4) is 0 Å². The molecule has 2 bridgehead atoms. The van der Waals surface area contributed by atoms with Gasteiger partial charge in [-0.1, -0.05) is 13.8 Å². The average Bonchev–Trinajstić information content (AvgIpc) is 2.83. The number of nitrogens with zero attached hydrogens (tertiary/aromatic N) is 4. The fourth-order valence-corrected chi connectivity index (χ4v) is 3.55. The van der Waals surface area contributed by atoms with Gasteiger partial charge in [0.05, 0.1) is 25.8 Å². The minimum Gasteiger partial charge on any atom is -0.480 e. The van der Waals surface area contributed by atoms with Gasteiger partial charge < -0.3 is 20.5 Å². The number of carboxylic acids is 1. The molecule has 3 N–H and O–H groups in total. The first-order valence-corrected chi connectivity index (χ1v) is 8.80. The number of anilines is 1. The third-order valence-corrected chi connectivity index (χ3v) is 4.74. The van der Waals surface area contributed by atoms with Crippen LogP contribution in [0, 0.1) is 5.92 Å². The number of ether oxygens (including phenoxy) is 1. The van der Waals surface area contributed by atoms with Crippen molar-refractivity contribution < 1.29 is 19.4 Å². The van der Waals surface area contributed by atoms with Crippen LogP contribution >= 0.6 is 0 Å². The van der Waals surface area contributed by atoms with E-state index in [1.54, 1.807) is 11.0 Å². The van der Waals surface area contributed by atoms with Gasteiger partial charge in [-0.2, -0.15) is 0 Å². The Morgan fingerprint density at radius 3 is 2.77 bits per heavy atom. The maximum absolute atomic E-state index is 13.1. The molecule has 2 saturated heterocycles. The number of aliphatic carboxylic acids is 1. The van der Waals surface area contributed by atoms with Crippen molar-refractivity contribution in [2.24, 2.45) is 5.92 Å². The van der Waals surface area contributed by atoms with Crippen LogP contribution in [-0.4, -0.2) is 82.2 Å². The molecular formula is C17H25N5O4. The summed E-state index contributed by atoms with van der Waals surface area (Å²) in [4.78, 5) is 36.2. The summed E-state index contributed by atoms with van der Waals surface area (Å²) in [5.74, 6) is -0.798. The molecule has 0 radical (unpaired) electrons. The Balaban J connectivity index is 1.86. The first-order valence-electron chi connectivity index (χ1n) is 8.80. The maximum atomic E-state index is 13.1. The lowest BCUT2D eigenvalue weighted by Crippen LogP contribution is -2.47. The van der Waals surface area contributed by atoms with Crippen molar-refractivity contribution in [1.82, 2.24) is 19.8 Å². The number of hydrogen-bond acceptors (Lipinski definition) is 7. The summed E-state index contributed by atoms with van der Waals surface area (Å²) in [6.45, 7) is 6.39. The van der Waals surface area contributed by atoms with Crippen LogP contribution in [0.15, 0.2) is 6.07 Å². The molecule has 0 spiro atoms. The summed E-state index contributed by atoms with van der Waals surface area (Å²) in [5.41, 5.74) is 6.79. The summed E-state index contributed by atoms with van der Waals surface area (Å²) in [6, 6.07) is 1.47. The largest absolute Gasteiger partial charge is 0.480 e. The number of amides is 1. The van der Waals surface area contributed by atoms with Gasteiger partial charge in [-0.15, -0.1) is 0 Å². The molecule has 2 fully saturated rings. The van der Waals surface area contributed by atoms with E-state index in [4.69, 9.17) is 15.6 Å². The Hall–Kier alpha value is -2.26. The second-order valence-electron chi connectivity index (χ2n) is 7.29. The first-order chi connectivity index (χ1) is 12.3. The number of carboxylic acid groups (broad SMARTS) is 1. The highest BCUT2D eigenvalue weighted by Crippen LogP contribution is 2.22. The molecule has 3 rings (SSSR count). The van der Waals surface area contributed by atoms with E-state index in [9.17, 15) is 9.59 Å². The van der Waals surface area contributed by atoms with Gasteiger partial charge in [0.1, 0.15) is 5.69 Å². The number of nitrogen functional groups attached to an aromatic ring is 1. The van der Waals surface area contributed by atoms with Crippen LogP contribution in [0.1, 0.15) is 35.9 Å². The van der Waals surface area contributed by atoms with Crippen molar-refractivity contribution in [2.75, 3.05) is 45.1 Å². The highest BCUT2D eigenvalue weighted by Gasteiger charge is 2.37. The minimum absolute atomic E-state index is 0.0347. The van der Waals surface area contributed by atoms with Gasteiger partial charge in [-0.3, -0.25) is 14.5 Å². The Kier molecular flexibility index (Phi) is 5.38. The fraction of sp³-hybridized carbons (Fsp3) is 0.647. The van der Waals surface area contributed by atoms with Crippen LogP contribution in [0.5, 0.6) is 0 Å². The lowest BCUT2D eigenvalue weighted by molar-refractivity contribution is -0.138. The van der Waals surface area contributed by atoms with E-state index >= 15 is 0 Å². The van der Waals surface area contributed by atoms with Crippen LogP contribution in [0.4, 0.5) is 5.95 Å². The SMILES string of the molecule is CC(C)c1cc(C(=O)N2C[C@H]3COC[C@@H]2CN(CC(=O)O)C3)nc(N)n1. The van der Waals surface area contributed by atoms with Crippen molar-refractivity contribution in [2.45, 2.75) is 25.8 Å². The highest BCUT2D eigenvalue weighted by atomic mass is 16.5. The number of aromatic nitrogens is 2. The molecule has 0 aromatic carbocycles. The third-order valence-electron chi connectivity index (χ3n) is 4.74. The molecule has 1 aromatic rings. The zero-order valence-electron chi connectivity index (χ0n) is 15.1. The second-order valence-corrected chi connectivity index (χ2v) is 7.29. The lowest BCUT2D eigenvalue weighted by Gasteiger charge is -2.30. The van der Waals surface area contributed by atoms with Crippen LogP contribution in [0.25, 0.3) is 0 Å². The first kappa shape index (κ1) is 18.5. The quantitative estimate of drug-likeness (QED) is 0.769. The molecule has 142 valence electrons. The number of nitrogens with two attached hydrogens (primary N) is 1. The van der Waals surface area contributed by atoms with Crippen molar-refractivity contribution in [3.63, 3.8) is 0 Å². The predicted molar refractivity (Wildman–Crippen MR) is 93.7 cm³/mol. The average molecular weight is 363 g/mol.